The Morgan fingerprint density at radius 2 is 0.889 bits per heavy atom. The normalized spacial score (nSPS) is 11.7. The maximum Gasteiger partial charge on any atom is 0.244 e. The number of rotatable bonds is 27. The fraction of sp³-hybridized carbons (Fsp3) is 0.933. The van der Waals surface area contributed by atoms with Gasteiger partial charge in [0, 0.05) is 0 Å². The Balaban J connectivity index is 0. The van der Waals surface area contributed by atoms with Crippen LogP contribution in [0.4, 0.5) is 0 Å². The molecular weight excluding hydrogens is 501 g/mol. The highest BCUT2D eigenvalue weighted by Gasteiger charge is 2.12. The van der Waals surface area contributed by atoms with E-state index in [9.17, 15) is 0 Å². The molecule has 0 fully saturated rings. The Morgan fingerprint density at radius 3 is 1.28 bits per heavy atom. The highest BCUT2D eigenvalue weighted by Crippen LogP contribution is 2.53. The second kappa shape index (κ2) is 33.6. The van der Waals surface area contributed by atoms with Crippen molar-refractivity contribution in [1.82, 2.24) is 0 Å². The summed E-state index contributed by atoms with van der Waals surface area (Å²) >= 11 is 9.55. The number of unbranched alkanes of at least 4 members (excludes halogenated alkanes) is 18. The maximum absolute atomic E-state index is 5.55. The molecule has 0 aromatic heterocycles. The number of hydrogen-bond acceptors (Lipinski definition) is 4. The number of allylic oxidation sites excluding steroid dienone is 2. The van der Waals surface area contributed by atoms with Crippen LogP contribution in [0.15, 0.2) is 12.2 Å². The standard InChI is InChI=1S/C18H37N.C12H27O2PS2/c1-2-3-4-5-6-7-8-9-10-11-12-13-14-15-16-17-18-19;1-3-5-7-9-11-13-15(16,17)14-12-10-8-6-4-2/h9-10H,2-8,11-19H2,1H3;3-12H2,1-2H3,(H,16,17)/b10-9-;. The van der Waals surface area contributed by atoms with Gasteiger partial charge in [0.05, 0.1) is 13.2 Å². The summed E-state index contributed by atoms with van der Waals surface area (Å²) in [5, 5.41) is 0. The monoisotopic (exact) mass is 565 g/mol. The van der Waals surface area contributed by atoms with Crippen molar-refractivity contribution in [3.63, 3.8) is 0 Å². The minimum atomic E-state index is -2.26. The highest BCUT2D eigenvalue weighted by atomic mass is 32.9. The molecule has 2 N–H and O–H groups in total. The zero-order chi connectivity index (χ0) is 27.0. The summed E-state index contributed by atoms with van der Waals surface area (Å²) in [5.74, 6) is 0. The van der Waals surface area contributed by atoms with Gasteiger partial charge in [-0.2, -0.15) is 0 Å². The van der Waals surface area contributed by atoms with Crippen LogP contribution in [0.25, 0.3) is 0 Å². The molecule has 0 rings (SSSR count). The van der Waals surface area contributed by atoms with Gasteiger partial charge in [-0.3, -0.25) is 0 Å². The summed E-state index contributed by atoms with van der Waals surface area (Å²) in [5.41, 5.74) is 3.21. The molecule has 0 saturated carbocycles. The quantitative estimate of drug-likeness (QED) is 0.0450. The zero-order valence-corrected chi connectivity index (χ0v) is 27.1. The lowest BCUT2D eigenvalue weighted by Crippen LogP contribution is -1.97. The molecule has 0 amide bonds. The topological polar surface area (TPSA) is 44.5 Å². The molecule has 0 spiro atoms. The van der Waals surface area contributed by atoms with E-state index in [0.29, 0.717) is 13.2 Å². The second-order valence-electron chi connectivity index (χ2n) is 9.98. The Kier molecular flexibility index (Phi) is 36.2. The summed E-state index contributed by atoms with van der Waals surface area (Å²) in [7, 11) is 0. The highest BCUT2D eigenvalue weighted by molar-refractivity contribution is 8.60. The molecule has 6 heteroatoms. The molecule has 0 aromatic carbocycles. The molecule has 0 aliphatic carbocycles. The summed E-state index contributed by atoms with van der Waals surface area (Å²) in [6, 6.07) is 0. The van der Waals surface area contributed by atoms with Crippen LogP contribution in [-0.4, -0.2) is 19.8 Å². The largest absolute Gasteiger partial charge is 0.330 e. The van der Waals surface area contributed by atoms with Crippen molar-refractivity contribution in [2.75, 3.05) is 19.8 Å². The van der Waals surface area contributed by atoms with Gasteiger partial charge in [-0.1, -0.05) is 141 Å². The van der Waals surface area contributed by atoms with E-state index in [-0.39, 0.29) is 0 Å². The van der Waals surface area contributed by atoms with Crippen molar-refractivity contribution in [1.29, 1.82) is 0 Å². The molecule has 36 heavy (non-hydrogen) atoms. The van der Waals surface area contributed by atoms with E-state index < -0.39 is 5.69 Å². The Bertz CT molecular complexity index is 460. The molecule has 0 aliphatic rings. The van der Waals surface area contributed by atoms with Crippen LogP contribution >= 0.6 is 17.9 Å². The summed E-state index contributed by atoms with van der Waals surface area (Å²) in [6.07, 6.45) is 33.4. The van der Waals surface area contributed by atoms with Crippen LogP contribution in [0.3, 0.4) is 0 Å². The zero-order valence-electron chi connectivity index (χ0n) is 24.5. The first kappa shape index (κ1) is 38.8. The van der Waals surface area contributed by atoms with Crippen molar-refractivity contribution in [3.05, 3.63) is 12.2 Å². The second-order valence-corrected chi connectivity index (χ2v) is 15.3. The summed E-state index contributed by atoms with van der Waals surface area (Å²) in [4.78, 5) is 0. The fourth-order valence-corrected chi connectivity index (χ4v) is 5.58. The molecule has 0 atom stereocenters. The number of hydrogen-bond donors (Lipinski definition) is 2. The summed E-state index contributed by atoms with van der Waals surface area (Å²) in [6.45, 7) is 8.92. The lowest BCUT2D eigenvalue weighted by atomic mass is 10.1. The van der Waals surface area contributed by atoms with Gasteiger partial charge in [0.2, 0.25) is 5.69 Å². The Morgan fingerprint density at radius 1 is 0.556 bits per heavy atom. The first-order valence-corrected chi connectivity index (χ1v) is 19.3. The van der Waals surface area contributed by atoms with Crippen LogP contribution in [0.1, 0.15) is 162 Å². The first-order valence-electron chi connectivity index (χ1n) is 15.5. The molecular formula is C30H64NO2PS2. The lowest BCUT2D eigenvalue weighted by molar-refractivity contribution is 0.250. The fourth-order valence-electron chi connectivity index (χ4n) is 3.85. The molecule has 0 aliphatic heterocycles. The average molecular weight is 566 g/mol. The minimum absolute atomic E-state index is 0.690. The van der Waals surface area contributed by atoms with Gasteiger partial charge >= 0.3 is 0 Å². The Hall–Kier alpha value is 0.620. The van der Waals surface area contributed by atoms with Gasteiger partial charge < -0.3 is 14.8 Å². The number of thiol groups is 1. The Labute approximate surface area is 237 Å². The van der Waals surface area contributed by atoms with Crippen molar-refractivity contribution >= 4 is 29.7 Å². The van der Waals surface area contributed by atoms with Crippen molar-refractivity contribution < 1.29 is 9.05 Å². The van der Waals surface area contributed by atoms with Gasteiger partial charge in [0.1, 0.15) is 0 Å². The molecule has 0 aromatic rings. The average Bonchev–Trinajstić information content (AvgIpc) is 2.86. The van der Waals surface area contributed by atoms with Gasteiger partial charge in [-0.05, 0) is 63.3 Å². The van der Waals surface area contributed by atoms with E-state index in [0.717, 1.165) is 19.4 Å². The van der Waals surface area contributed by atoms with Gasteiger partial charge in [0.25, 0.3) is 0 Å². The van der Waals surface area contributed by atoms with E-state index in [1.807, 2.05) is 0 Å². The molecule has 0 radical (unpaired) electrons. The molecule has 218 valence electrons. The van der Waals surface area contributed by atoms with Crippen molar-refractivity contribution in [3.8, 4) is 0 Å². The predicted molar refractivity (Wildman–Crippen MR) is 172 cm³/mol. The van der Waals surface area contributed by atoms with E-state index in [4.69, 9.17) is 26.6 Å². The molecule has 3 nitrogen and oxygen atoms in total. The van der Waals surface area contributed by atoms with Crippen LogP contribution in [0, 0.1) is 0 Å². The SMILES string of the molecule is CCCCCCCC/C=C\CCCCCCCCN.CCCCCCOP(=S)(S)OCCCCCC. The van der Waals surface area contributed by atoms with Crippen LogP contribution in [-0.2, 0) is 20.9 Å². The molecule has 0 heterocycles. The van der Waals surface area contributed by atoms with Gasteiger partial charge in [0.15, 0.2) is 0 Å². The lowest BCUT2D eigenvalue weighted by Gasteiger charge is -2.16. The van der Waals surface area contributed by atoms with E-state index in [2.05, 4.69) is 45.2 Å². The van der Waals surface area contributed by atoms with Gasteiger partial charge in [-0.15, -0.1) is 0 Å². The van der Waals surface area contributed by atoms with Crippen LogP contribution in [0.2, 0.25) is 0 Å². The van der Waals surface area contributed by atoms with E-state index in [1.165, 1.54) is 128 Å². The smallest absolute Gasteiger partial charge is 0.244 e. The van der Waals surface area contributed by atoms with E-state index in [1.54, 1.807) is 0 Å². The van der Waals surface area contributed by atoms with Gasteiger partial charge in [-0.25, -0.2) is 0 Å². The third kappa shape index (κ3) is 36.8. The third-order valence-corrected chi connectivity index (χ3v) is 8.56. The van der Waals surface area contributed by atoms with Crippen molar-refractivity contribution in [2.24, 2.45) is 5.73 Å². The van der Waals surface area contributed by atoms with Crippen molar-refractivity contribution in [2.45, 2.75) is 162 Å². The molecule has 0 unspecified atom stereocenters. The first-order chi connectivity index (χ1) is 17.5. The molecule has 0 bridgehead atoms. The van der Waals surface area contributed by atoms with Crippen LogP contribution in [0.5, 0.6) is 0 Å². The number of nitrogens with two attached hydrogens (primary N) is 1. The molecule has 0 saturated heterocycles. The van der Waals surface area contributed by atoms with E-state index >= 15 is 0 Å². The summed E-state index contributed by atoms with van der Waals surface area (Å²) < 4.78 is 11.1. The van der Waals surface area contributed by atoms with Crippen LogP contribution < -0.4 is 5.73 Å². The minimum Gasteiger partial charge on any atom is -0.330 e. The third-order valence-electron chi connectivity index (χ3n) is 6.22. The maximum atomic E-state index is 5.55. The predicted octanol–water partition coefficient (Wildman–Crippen LogP) is 11.3.